The minimum atomic E-state index is -0.238. The number of anilines is 1. The molecule has 7 heteroatoms. The van der Waals surface area contributed by atoms with E-state index in [4.69, 9.17) is 15.2 Å². The first-order chi connectivity index (χ1) is 11.1. The molecule has 2 aromatic rings. The van der Waals surface area contributed by atoms with Crippen LogP contribution in [0.3, 0.4) is 0 Å². The molecule has 0 bridgehead atoms. The zero-order valence-corrected chi connectivity index (χ0v) is 13.9. The Bertz CT molecular complexity index is 707. The summed E-state index contributed by atoms with van der Waals surface area (Å²) in [5.41, 5.74) is 7.49. The molecule has 1 aliphatic carbocycles. The summed E-state index contributed by atoms with van der Waals surface area (Å²) < 4.78 is 10.4. The molecule has 0 saturated carbocycles. The molecule has 0 saturated heterocycles. The maximum Gasteiger partial charge on any atom is 0.257 e. The zero-order chi connectivity index (χ0) is 16.4. The van der Waals surface area contributed by atoms with E-state index in [9.17, 15) is 4.79 Å². The third-order valence-corrected chi connectivity index (χ3v) is 4.85. The summed E-state index contributed by atoms with van der Waals surface area (Å²) >= 11 is 1.50. The van der Waals surface area contributed by atoms with Gasteiger partial charge in [0.25, 0.3) is 5.91 Å². The molecule has 0 radical (unpaired) electrons. The SMILES string of the molecule is COc1cc(OC)cc(C(=O)Nc2nc3c(s2)C[C@@H](N)CC3)c1. The van der Waals surface area contributed by atoms with Crippen LogP contribution in [0.5, 0.6) is 11.5 Å². The van der Waals surface area contributed by atoms with E-state index in [0.29, 0.717) is 22.2 Å². The number of ether oxygens (including phenoxy) is 2. The highest BCUT2D eigenvalue weighted by atomic mass is 32.1. The van der Waals surface area contributed by atoms with Gasteiger partial charge in [0.15, 0.2) is 5.13 Å². The Morgan fingerprint density at radius 1 is 1.30 bits per heavy atom. The van der Waals surface area contributed by atoms with Gasteiger partial charge in [-0.3, -0.25) is 10.1 Å². The molecule has 6 nitrogen and oxygen atoms in total. The molecule has 0 unspecified atom stereocenters. The average molecular weight is 333 g/mol. The molecule has 3 N–H and O–H groups in total. The van der Waals surface area contributed by atoms with Gasteiger partial charge in [0.2, 0.25) is 0 Å². The first-order valence-electron chi connectivity index (χ1n) is 7.37. The van der Waals surface area contributed by atoms with Crippen LogP contribution in [-0.4, -0.2) is 31.2 Å². The lowest BCUT2D eigenvalue weighted by Gasteiger charge is -2.15. The first-order valence-corrected chi connectivity index (χ1v) is 8.19. The van der Waals surface area contributed by atoms with Crippen LogP contribution in [0.4, 0.5) is 5.13 Å². The molecule has 0 spiro atoms. The van der Waals surface area contributed by atoms with Crippen LogP contribution < -0.4 is 20.5 Å². The van der Waals surface area contributed by atoms with E-state index in [0.717, 1.165) is 25.0 Å². The van der Waals surface area contributed by atoms with Crippen LogP contribution in [0, 0.1) is 0 Å². The molecule has 122 valence electrons. The number of hydrogen-bond donors (Lipinski definition) is 2. The van der Waals surface area contributed by atoms with E-state index in [1.807, 2.05) is 0 Å². The van der Waals surface area contributed by atoms with E-state index in [2.05, 4.69) is 10.3 Å². The summed E-state index contributed by atoms with van der Waals surface area (Å²) in [7, 11) is 3.10. The second kappa shape index (κ2) is 6.55. The highest BCUT2D eigenvalue weighted by Gasteiger charge is 2.21. The van der Waals surface area contributed by atoms with Crippen LogP contribution in [0.15, 0.2) is 18.2 Å². The van der Waals surface area contributed by atoms with Crippen LogP contribution in [0.1, 0.15) is 27.3 Å². The van der Waals surface area contributed by atoms with E-state index >= 15 is 0 Å². The fourth-order valence-electron chi connectivity index (χ4n) is 2.56. The summed E-state index contributed by atoms with van der Waals surface area (Å²) in [4.78, 5) is 18.1. The number of carbonyl (C=O) groups excluding carboxylic acids is 1. The summed E-state index contributed by atoms with van der Waals surface area (Å²) in [6.45, 7) is 0. The smallest absolute Gasteiger partial charge is 0.257 e. The van der Waals surface area contributed by atoms with Crippen molar-refractivity contribution < 1.29 is 14.3 Å². The van der Waals surface area contributed by atoms with Gasteiger partial charge in [-0.25, -0.2) is 4.98 Å². The number of amides is 1. The Balaban J connectivity index is 1.79. The highest BCUT2D eigenvalue weighted by molar-refractivity contribution is 7.15. The van der Waals surface area contributed by atoms with Crippen molar-refractivity contribution >= 4 is 22.4 Å². The molecule has 1 aromatic carbocycles. The van der Waals surface area contributed by atoms with Gasteiger partial charge in [0, 0.05) is 22.5 Å². The molecule has 23 heavy (non-hydrogen) atoms. The lowest BCUT2D eigenvalue weighted by atomic mass is 9.99. The van der Waals surface area contributed by atoms with Crippen LogP contribution in [-0.2, 0) is 12.8 Å². The molecule has 0 aliphatic heterocycles. The lowest BCUT2D eigenvalue weighted by molar-refractivity contribution is 0.102. The maximum atomic E-state index is 12.4. The Hall–Kier alpha value is -2.12. The maximum absolute atomic E-state index is 12.4. The number of rotatable bonds is 4. The minimum absolute atomic E-state index is 0.189. The van der Waals surface area contributed by atoms with E-state index in [1.54, 1.807) is 32.4 Å². The number of fused-ring (bicyclic) bond motifs is 1. The molecule has 1 heterocycles. The second-order valence-electron chi connectivity index (χ2n) is 5.45. The number of carbonyl (C=O) groups is 1. The van der Waals surface area contributed by atoms with Crippen molar-refractivity contribution in [3.05, 3.63) is 34.3 Å². The van der Waals surface area contributed by atoms with Gasteiger partial charge < -0.3 is 15.2 Å². The van der Waals surface area contributed by atoms with Crippen molar-refractivity contribution in [2.45, 2.75) is 25.3 Å². The number of hydrogen-bond acceptors (Lipinski definition) is 6. The topological polar surface area (TPSA) is 86.5 Å². The van der Waals surface area contributed by atoms with E-state index in [-0.39, 0.29) is 11.9 Å². The number of nitrogens with one attached hydrogen (secondary N) is 1. The number of nitrogens with two attached hydrogens (primary N) is 1. The number of benzene rings is 1. The van der Waals surface area contributed by atoms with Crippen LogP contribution in [0.2, 0.25) is 0 Å². The van der Waals surface area contributed by atoms with E-state index in [1.165, 1.54) is 16.2 Å². The fraction of sp³-hybridized carbons (Fsp3) is 0.375. The molecule has 1 aromatic heterocycles. The molecular weight excluding hydrogens is 314 g/mol. The van der Waals surface area contributed by atoms with Crippen molar-refractivity contribution in [3.63, 3.8) is 0 Å². The Morgan fingerprint density at radius 3 is 2.65 bits per heavy atom. The third-order valence-electron chi connectivity index (χ3n) is 3.81. The Kier molecular flexibility index (Phi) is 4.49. The van der Waals surface area contributed by atoms with Crippen molar-refractivity contribution in [1.82, 2.24) is 4.98 Å². The largest absolute Gasteiger partial charge is 0.497 e. The van der Waals surface area contributed by atoms with Gasteiger partial charge in [-0.15, -0.1) is 11.3 Å². The molecule has 3 rings (SSSR count). The van der Waals surface area contributed by atoms with Gasteiger partial charge in [0.1, 0.15) is 11.5 Å². The zero-order valence-electron chi connectivity index (χ0n) is 13.1. The number of aromatic nitrogens is 1. The van der Waals surface area contributed by atoms with Crippen LogP contribution in [0.25, 0.3) is 0 Å². The van der Waals surface area contributed by atoms with Gasteiger partial charge in [-0.2, -0.15) is 0 Å². The summed E-state index contributed by atoms with van der Waals surface area (Å²) in [6, 6.07) is 5.25. The monoisotopic (exact) mass is 333 g/mol. The van der Waals surface area contributed by atoms with Crippen molar-refractivity contribution in [2.75, 3.05) is 19.5 Å². The predicted octanol–water partition coefficient (Wildman–Crippen LogP) is 2.23. The molecule has 1 aliphatic rings. The highest BCUT2D eigenvalue weighted by Crippen LogP contribution is 2.30. The van der Waals surface area contributed by atoms with Gasteiger partial charge in [-0.05, 0) is 31.4 Å². The summed E-state index contributed by atoms with van der Waals surface area (Å²) in [6.07, 6.45) is 2.64. The van der Waals surface area contributed by atoms with E-state index < -0.39 is 0 Å². The van der Waals surface area contributed by atoms with Gasteiger partial charge in [0.05, 0.1) is 19.9 Å². The molecule has 1 atom stereocenters. The number of aryl methyl sites for hydroxylation is 1. The number of methoxy groups -OCH3 is 2. The van der Waals surface area contributed by atoms with Gasteiger partial charge in [-0.1, -0.05) is 0 Å². The third kappa shape index (κ3) is 3.46. The molecule has 1 amide bonds. The van der Waals surface area contributed by atoms with Crippen molar-refractivity contribution in [2.24, 2.45) is 5.73 Å². The molecular formula is C16H19N3O3S. The number of thiazole rings is 1. The minimum Gasteiger partial charge on any atom is -0.497 e. The fourth-order valence-corrected chi connectivity index (χ4v) is 3.66. The van der Waals surface area contributed by atoms with Gasteiger partial charge >= 0.3 is 0 Å². The van der Waals surface area contributed by atoms with Crippen molar-refractivity contribution in [3.8, 4) is 11.5 Å². The van der Waals surface area contributed by atoms with Crippen LogP contribution >= 0.6 is 11.3 Å². The van der Waals surface area contributed by atoms with Crippen molar-refractivity contribution in [1.29, 1.82) is 0 Å². The Morgan fingerprint density at radius 2 is 2.00 bits per heavy atom. The second-order valence-corrected chi connectivity index (χ2v) is 6.53. The normalized spacial score (nSPS) is 16.6. The predicted molar refractivity (Wildman–Crippen MR) is 89.6 cm³/mol. The average Bonchev–Trinajstić information content (AvgIpc) is 2.95. The Labute approximate surface area is 138 Å². The molecule has 0 fully saturated rings. The lowest BCUT2D eigenvalue weighted by Crippen LogP contribution is -2.27. The first kappa shape index (κ1) is 15.8. The summed E-state index contributed by atoms with van der Waals surface area (Å²) in [5.74, 6) is 0.899. The summed E-state index contributed by atoms with van der Waals surface area (Å²) in [5, 5.41) is 3.46. The standard InChI is InChI=1S/C16H19N3O3S/c1-21-11-5-9(6-12(8-11)22-2)15(20)19-16-18-13-4-3-10(17)7-14(13)23-16/h5-6,8,10H,3-4,7,17H2,1-2H3,(H,18,19,20)/t10-/m0/s1. The number of nitrogens with zero attached hydrogens (tertiary/aromatic N) is 1. The quantitative estimate of drug-likeness (QED) is 0.896.